The number of rotatable bonds is 7. The van der Waals surface area contributed by atoms with E-state index >= 15 is 0 Å². The van der Waals surface area contributed by atoms with Crippen LogP contribution >= 0.6 is 0 Å². The standard InChI is InChI=1S/C15H22N2O5S/c1-10(2)17(4)23(21,22)13-7-5-6-12(8-13)14(18)16-9-11(3)15(19)20/h5-8,10-11H,9H2,1-4H3,(H,16,18)(H,19,20). The molecule has 128 valence electrons. The van der Waals surface area contributed by atoms with Crippen molar-refractivity contribution in [1.82, 2.24) is 9.62 Å². The van der Waals surface area contributed by atoms with Gasteiger partial charge >= 0.3 is 5.97 Å². The van der Waals surface area contributed by atoms with Gasteiger partial charge in [0.2, 0.25) is 10.0 Å². The number of benzene rings is 1. The number of aliphatic carboxylic acids is 1. The number of sulfonamides is 1. The van der Waals surface area contributed by atoms with Crippen molar-refractivity contribution in [3.63, 3.8) is 0 Å². The normalized spacial score (nSPS) is 13.1. The molecule has 0 heterocycles. The quantitative estimate of drug-likeness (QED) is 0.774. The van der Waals surface area contributed by atoms with E-state index in [9.17, 15) is 18.0 Å². The minimum atomic E-state index is -3.68. The van der Waals surface area contributed by atoms with Crippen molar-refractivity contribution in [1.29, 1.82) is 0 Å². The molecule has 0 saturated heterocycles. The zero-order chi connectivity index (χ0) is 17.8. The molecule has 0 aromatic heterocycles. The summed E-state index contributed by atoms with van der Waals surface area (Å²) in [6.07, 6.45) is 0. The van der Waals surface area contributed by atoms with E-state index in [1.165, 1.54) is 42.5 Å². The van der Waals surface area contributed by atoms with Gasteiger partial charge in [-0.3, -0.25) is 9.59 Å². The van der Waals surface area contributed by atoms with E-state index < -0.39 is 27.8 Å². The van der Waals surface area contributed by atoms with Crippen LogP contribution in [-0.4, -0.2) is 49.3 Å². The lowest BCUT2D eigenvalue weighted by atomic mass is 10.1. The van der Waals surface area contributed by atoms with Gasteiger partial charge in [-0.15, -0.1) is 0 Å². The maximum absolute atomic E-state index is 12.4. The number of carbonyl (C=O) groups excluding carboxylic acids is 1. The van der Waals surface area contributed by atoms with E-state index in [1.54, 1.807) is 13.8 Å². The first-order chi connectivity index (χ1) is 10.6. The van der Waals surface area contributed by atoms with Gasteiger partial charge in [-0.1, -0.05) is 13.0 Å². The third-order valence-electron chi connectivity index (χ3n) is 3.49. The molecule has 0 bridgehead atoms. The highest BCUT2D eigenvalue weighted by Gasteiger charge is 2.24. The van der Waals surface area contributed by atoms with E-state index in [1.807, 2.05) is 0 Å². The molecule has 1 atom stereocenters. The smallest absolute Gasteiger partial charge is 0.308 e. The molecular weight excluding hydrogens is 320 g/mol. The second-order valence-corrected chi connectivity index (χ2v) is 7.59. The van der Waals surface area contributed by atoms with Crippen LogP contribution in [0.3, 0.4) is 0 Å². The largest absolute Gasteiger partial charge is 0.481 e. The highest BCUT2D eigenvalue weighted by Crippen LogP contribution is 2.17. The maximum Gasteiger partial charge on any atom is 0.308 e. The molecule has 0 radical (unpaired) electrons. The fourth-order valence-corrected chi connectivity index (χ4v) is 3.09. The molecule has 1 unspecified atom stereocenters. The Balaban J connectivity index is 2.97. The molecule has 1 rings (SSSR count). The summed E-state index contributed by atoms with van der Waals surface area (Å²) in [7, 11) is -2.21. The highest BCUT2D eigenvalue weighted by atomic mass is 32.2. The van der Waals surface area contributed by atoms with Gasteiger partial charge in [-0.25, -0.2) is 8.42 Å². The number of carboxylic acids is 1. The Labute approximate surface area is 136 Å². The van der Waals surface area contributed by atoms with Gasteiger partial charge in [0.15, 0.2) is 0 Å². The molecule has 1 aromatic rings. The summed E-state index contributed by atoms with van der Waals surface area (Å²) in [4.78, 5) is 22.8. The first-order valence-corrected chi connectivity index (χ1v) is 8.60. The molecule has 23 heavy (non-hydrogen) atoms. The lowest BCUT2D eigenvalue weighted by Gasteiger charge is -2.21. The average molecular weight is 342 g/mol. The van der Waals surface area contributed by atoms with Crippen LogP contribution in [0.2, 0.25) is 0 Å². The van der Waals surface area contributed by atoms with Gasteiger partial charge in [0.1, 0.15) is 0 Å². The number of hydrogen-bond donors (Lipinski definition) is 2. The molecule has 1 amide bonds. The Morgan fingerprint density at radius 2 is 1.87 bits per heavy atom. The first kappa shape index (κ1) is 19.1. The number of carbonyl (C=O) groups is 2. The van der Waals surface area contributed by atoms with Crippen LogP contribution in [0.25, 0.3) is 0 Å². The molecule has 0 aliphatic rings. The van der Waals surface area contributed by atoms with Gasteiger partial charge in [-0.2, -0.15) is 4.31 Å². The van der Waals surface area contributed by atoms with Crippen molar-refractivity contribution in [2.24, 2.45) is 5.92 Å². The fourth-order valence-electron chi connectivity index (χ4n) is 1.68. The predicted octanol–water partition coefficient (Wildman–Crippen LogP) is 1.17. The molecule has 0 saturated carbocycles. The van der Waals surface area contributed by atoms with Crippen molar-refractivity contribution in [3.8, 4) is 0 Å². The minimum absolute atomic E-state index is 0.0210. The molecular formula is C15H22N2O5S. The second kappa shape index (κ2) is 7.56. The van der Waals surface area contributed by atoms with Gasteiger partial charge in [0.25, 0.3) is 5.91 Å². The number of carboxylic acid groups (broad SMARTS) is 1. The van der Waals surface area contributed by atoms with Crippen LogP contribution in [-0.2, 0) is 14.8 Å². The van der Waals surface area contributed by atoms with Crippen LogP contribution in [0.1, 0.15) is 31.1 Å². The Hall–Kier alpha value is -1.93. The average Bonchev–Trinajstić information content (AvgIpc) is 2.51. The lowest BCUT2D eigenvalue weighted by molar-refractivity contribution is -0.140. The van der Waals surface area contributed by atoms with Crippen molar-refractivity contribution in [2.45, 2.75) is 31.7 Å². The molecule has 7 nitrogen and oxygen atoms in total. The monoisotopic (exact) mass is 342 g/mol. The predicted molar refractivity (Wildman–Crippen MR) is 85.7 cm³/mol. The molecule has 1 aromatic carbocycles. The van der Waals surface area contributed by atoms with Crippen LogP contribution in [0.15, 0.2) is 29.2 Å². The third-order valence-corrected chi connectivity index (χ3v) is 5.52. The summed E-state index contributed by atoms with van der Waals surface area (Å²) >= 11 is 0. The van der Waals surface area contributed by atoms with Crippen molar-refractivity contribution in [3.05, 3.63) is 29.8 Å². The Morgan fingerprint density at radius 1 is 1.26 bits per heavy atom. The number of nitrogens with one attached hydrogen (secondary N) is 1. The molecule has 8 heteroatoms. The van der Waals surface area contributed by atoms with E-state index in [2.05, 4.69) is 5.32 Å². The van der Waals surface area contributed by atoms with Gasteiger partial charge < -0.3 is 10.4 Å². The molecule has 2 N–H and O–H groups in total. The maximum atomic E-state index is 12.4. The van der Waals surface area contributed by atoms with Crippen molar-refractivity contribution >= 4 is 21.9 Å². The molecule has 0 aliphatic carbocycles. The summed E-state index contributed by atoms with van der Waals surface area (Å²) < 4.78 is 26.1. The van der Waals surface area contributed by atoms with Gasteiger partial charge in [0.05, 0.1) is 10.8 Å². The third kappa shape index (κ3) is 4.77. The number of nitrogens with zero attached hydrogens (tertiary/aromatic N) is 1. The van der Waals surface area contributed by atoms with Crippen molar-refractivity contribution < 1.29 is 23.1 Å². The summed E-state index contributed by atoms with van der Waals surface area (Å²) in [5.41, 5.74) is 0.167. The SMILES string of the molecule is CC(CNC(=O)c1cccc(S(=O)(=O)N(C)C(C)C)c1)C(=O)O. The molecule has 0 fully saturated rings. The summed E-state index contributed by atoms with van der Waals surface area (Å²) in [6, 6.07) is 5.46. The Bertz CT molecular complexity index is 685. The highest BCUT2D eigenvalue weighted by molar-refractivity contribution is 7.89. The Kier molecular flexibility index (Phi) is 6.28. The van der Waals surface area contributed by atoms with Crippen LogP contribution in [0.5, 0.6) is 0 Å². The fraction of sp³-hybridized carbons (Fsp3) is 0.467. The van der Waals surface area contributed by atoms with Crippen LogP contribution in [0.4, 0.5) is 0 Å². The Morgan fingerprint density at radius 3 is 2.39 bits per heavy atom. The van der Waals surface area contributed by atoms with Crippen LogP contribution in [0, 0.1) is 5.92 Å². The van der Waals surface area contributed by atoms with E-state index in [-0.39, 0.29) is 23.0 Å². The zero-order valence-corrected chi connectivity index (χ0v) is 14.4. The second-order valence-electron chi connectivity index (χ2n) is 5.59. The van der Waals surface area contributed by atoms with Gasteiger partial charge in [0, 0.05) is 25.2 Å². The van der Waals surface area contributed by atoms with Crippen molar-refractivity contribution in [2.75, 3.05) is 13.6 Å². The summed E-state index contributed by atoms with van der Waals surface area (Å²) in [6.45, 7) is 4.95. The van der Waals surface area contributed by atoms with E-state index in [4.69, 9.17) is 5.11 Å². The van der Waals surface area contributed by atoms with E-state index in [0.717, 1.165) is 0 Å². The van der Waals surface area contributed by atoms with Crippen LogP contribution < -0.4 is 5.32 Å². The number of hydrogen-bond acceptors (Lipinski definition) is 4. The zero-order valence-electron chi connectivity index (χ0n) is 13.6. The van der Waals surface area contributed by atoms with Gasteiger partial charge in [-0.05, 0) is 32.0 Å². The molecule has 0 spiro atoms. The summed E-state index contributed by atoms with van der Waals surface area (Å²) in [5.74, 6) is -2.25. The first-order valence-electron chi connectivity index (χ1n) is 7.16. The lowest BCUT2D eigenvalue weighted by Crippen LogP contribution is -2.33. The topological polar surface area (TPSA) is 104 Å². The van der Waals surface area contributed by atoms with E-state index in [0.29, 0.717) is 0 Å². The minimum Gasteiger partial charge on any atom is -0.481 e. The summed E-state index contributed by atoms with van der Waals surface area (Å²) in [5, 5.41) is 11.3. The molecule has 0 aliphatic heterocycles. The number of amides is 1.